The predicted molar refractivity (Wildman–Crippen MR) is 84.1 cm³/mol. The molecule has 1 N–H and O–H groups in total. The molecule has 22 heavy (non-hydrogen) atoms. The number of halogens is 1. The third-order valence-corrected chi connectivity index (χ3v) is 5.46. The molecule has 1 aliphatic rings. The van der Waals surface area contributed by atoms with Crippen LogP contribution in [-0.2, 0) is 20.2 Å². The number of carbonyl (C=O) groups excluding carboxylic acids is 1. The number of benzene rings is 2. The first-order valence-electron chi connectivity index (χ1n) is 6.82. The van der Waals surface area contributed by atoms with Crippen LogP contribution in [0.5, 0.6) is 0 Å². The van der Waals surface area contributed by atoms with Crippen LogP contribution in [0, 0.1) is 0 Å². The highest BCUT2D eigenvalue weighted by Gasteiger charge is 2.52. The van der Waals surface area contributed by atoms with E-state index in [1.807, 2.05) is 0 Å². The summed E-state index contributed by atoms with van der Waals surface area (Å²) in [5.74, 6) is -0.487. The molecule has 0 atom stereocenters. The van der Waals surface area contributed by atoms with Crippen LogP contribution in [0.3, 0.4) is 0 Å². The minimum atomic E-state index is -3.84. The average molecular weight is 336 g/mol. The fourth-order valence-corrected chi connectivity index (χ4v) is 3.62. The van der Waals surface area contributed by atoms with Gasteiger partial charge in [-0.15, -0.1) is 0 Å². The van der Waals surface area contributed by atoms with E-state index in [4.69, 9.17) is 11.6 Å². The molecule has 114 valence electrons. The first kappa shape index (κ1) is 15.1. The lowest BCUT2D eigenvalue weighted by molar-refractivity contribution is -0.121. The zero-order chi connectivity index (χ0) is 15.8. The Morgan fingerprint density at radius 3 is 2.14 bits per heavy atom. The number of rotatable bonds is 4. The zero-order valence-electron chi connectivity index (χ0n) is 11.6. The van der Waals surface area contributed by atoms with Crippen LogP contribution < -0.4 is 4.72 Å². The Morgan fingerprint density at radius 2 is 1.59 bits per heavy atom. The molecule has 1 aliphatic carbocycles. The molecule has 2 aromatic rings. The number of hydrogen-bond donors (Lipinski definition) is 1. The average Bonchev–Trinajstić information content (AvgIpc) is 3.30. The second kappa shape index (κ2) is 5.41. The largest absolute Gasteiger partial charge is 0.273 e. The lowest BCUT2D eigenvalue weighted by Gasteiger charge is -2.16. The van der Waals surface area contributed by atoms with Gasteiger partial charge in [-0.05, 0) is 42.7 Å². The maximum atomic E-state index is 12.5. The van der Waals surface area contributed by atoms with Gasteiger partial charge < -0.3 is 0 Å². The van der Waals surface area contributed by atoms with Gasteiger partial charge in [0.15, 0.2) is 0 Å². The molecule has 1 fully saturated rings. The topological polar surface area (TPSA) is 63.2 Å². The summed E-state index contributed by atoms with van der Waals surface area (Å²) in [4.78, 5) is 12.6. The van der Waals surface area contributed by atoms with Crippen molar-refractivity contribution in [2.24, 2.45) is 0 Å². The maximum absolute atomic E-state index is 12.5. The van der Waals surface area contributed by atoms with Gasteiger partial charge in [0.25, 0.3) is 10.0 Å². The third kappa shape index (κ3) is 2.74. The summed E-state index contributed by atoms with van der Waals surface area (Å²) in [6.07, 6.45) is 1.26. The van der Waals surface area contributed by atoms with Gasteiger partial charge in [-0.1, -0.05) is 41.9 Å². The van der Waals surface area contributed by atoms with Crippen molar-refractivity contribution in [1.82, 2.24) is 4.72 Å². The first-order valence-corrected chi connectivity index (χ1v) is 8.68. The number of nitrogens with one attached hydrogen (secondary N) is 1. The van der Waals surface area contributed by atoms with E-state index in [-0.39, 0.29) is 4.90 Å². The summed E-state index contributed by atoms with van der Waals surface area (Å²) in [7, 11) is -3.84. The normalized spacial score (nSPS) is 16.0. The Kier molecular flexibility index (Phi) is 3.70. The van der Waals surface area contributed by atoms with Crippen molar-refractivity contribution < 1.29 is 13.2 Å². The van der Waals surface area contributed by atoms with E-state index in [0.717, 1.165) is 5.56 Å². The first-order chi connectivity index (χ1) is 10.4. The second-order valence-corrected chi connectivity index (χ2v) is 7.46. The van der Waals surface area contributed by atoms with Crippen molar-refractivity contribution in [3.05, 3.63) is 65.2 Å². The number of carbonyl (C=O) groups is 1. The quantitative estimate of drug-likeness (QED) is 0.934. The Balaban J connectivity index is 1.84. The van der Waals surface area contributed by atoms with Crippen molar-refractivity contribution in [3.63, 3.8) is 0 Å². The van der Waals surface area contributed by atoms with Crippen LogP contribution >= 0.6 is 11.6 Å². The van der Waals surface area contributed by atoms with Crippen LogP contribution in [0.4, 0.5) is 0 Å². The van der Waals surface area contributed by atoms with Crippen molar-refractivity contribution >= 4 is 27.5 Å². The van der Waals surface area contributed by atoms with Crippen LogP contribution in [-0.4, -0.2) is 14.3 Å². The van der Waals surface area contributed by atoms with E-state index in [9.17, 15) is 13.2 Å². The van der Waals surface area contributed by atoms with Gasteiger partial charge in [0, 0.05) is 5.02 Å². The molecule has 0 aliphatic heterocycles. The highest BCUT2D eigenvalue weighted by Crippen LogP contribution is 2.48. The summed E-state index contributed by atoms with van der Waals surface area (Å²) in [5, 5.41) is 0.580. The Bertz CT molecular complexity index is 797. The van der Waals surface area contributed by atoms with Gasteiger partial charge in [0.1, 0.15) is 0 Å². The van der Waals surface area contributed by atoms with Crippen LogP contribution in [0.1, 0.15) is 18.4 Å². The molecule has 0 spiro atoms. The van der Waals surface area contributed by atoms with Crippen LogP contribution in [0.2, 0.25) is 5.02 Å². The van der Waals surface area contributed by atoms with Gasteiger partial charge >= 0.3 is 0 Å². The predicted octanol–water partition coefficient (Wildman–Crippen LogP) is 2.88. The van der Waals surface area contributed by atoms with E-state index in [2.05, 4.69) is 4.72 Å². The van der Waals surface area contributed by atoms with Gasteiger partial charge in [0.05, 0.1) is 10.3 Å². The molecule has 1 saturated carbocycles. The van der Waals surface area contributed by atoms with Gasteiger partial charge in [0.2, 0.25) is 5.91 Å². The molecule has 1 amide bonds. The summed E-state index contributed by atoms with van der Waals surface area (Å²) < 4.78 is 26.7. The summed E-state index contributed by atoms with van der Waals surface area (Å²) >= 11 is 5.85. The van der Waals surface area contributed by atoms with Gasteiger partial charge in [-0.2, -0.15) is 0 Å². The van der Waals surface area contributed by atoms with Crippen LogP contribution in [0.15, 0.2) is 59.5 Å². The SMILES string of the molecule is O=C(NS(=O)(=O)c1ccccc1)C1(c2ccc(Cl)cc2)CC1. The highest BCUT2D eigenvalue weighted by molar-refractivity contribution is 7.90. The fraction of sp³-hybridized carbons (Fsp3) is 0.188. The van der Waals surface area contributed by atoms with E-state index in [1.54, 1.807) is 42.5 Å². The Hall–Kier alpha value is -1.85. The molecule has 0 aromatic heterocycles. The molecule has 4 nitrogen and oxygen atoms in total. The molecule has 3 rings (SSSR count). The smallest absolute Gasteiger partial charge is 0.264 e. The molecule has 0 radical (unpaired) electrons. The molecular weight excluding hydrogens is 322 g/mol. The number of sulfonamides is 1. The molecule has 2 aromatic carbocycles. The van der Waals surface area contributed by atoms with E-state index >= 15 is 0 Å². The van der Waals surface area contributed by atoms with E-state index in [1.165, 1.54) is 12.1 Å². The maximum Gasteiger partial charge on any atom is 0.264 e. The summed E-state index contributed by atoms with van der Waals surface area (Å²) in [5.41, 5.74) is 0.0320. The zero-order valence-corrected chi connectivity index (χ0v) is 13.2. The number of hydrogen-bond acceptors (Lipinski definition) is 3. The minimum Gasteiger partial charge on any atom is -0.273 e. The minimum absolute atomic E-state index is 0.0789. The number of amides is 1. The van der Waals surface area contributed by atoms with Crippen molar-refractivity contribution in [3.8, 4) is 0 Å². The molecule has 0 unspecified atom stereocenters. The Morgan fingerprint density at radius 1 is 1.00 bits per heavy atom. The van der Waals surface area contributed by atoms with Crippen molar-refractivity contribution in [2.75, 3.05) is 0 Å². The molecule has 6 heteroatoms. The van der Waals surface area contributed by atoms with Crippen LogP contribution in [0.25, 0.3) is 0 Å². The standard InChI is InChI=1S/C16H14ClNO3S/c17-13-8-6-12(7-9-13)16(10-11-16)15(19)18-22(20,21)14-4-2-1-3-5-14/h1-9H,10-11H2,(H,18,19). The van der Waals surface area contributed by atoms with Gasteiger partial charge in [-0.25, -0.2) is 13.1 Å². The second-order valence-electron chi connectivity index (χ2n) is 5.34. The molecule has 0 heterocycles. The van der Waals surface area contributed by atoms with Gasteiger partial charge in [-0.3, -0.25) is 4.79 Å². The summed E-state index contributed by atoms with van der Waals surface area (Å²) in [6.45, 7) is 0. The molecule has 0 bridgehead atoms. The highest BCUT2D eigenvalue weighted by atomic mass is 35.5. The Labute approximate surface area is 134 Å². The molecular formula is C16H14ClNO3S. The van der Waals surface area contributed by atoms with E-state index in [0.29, 0.717) is 17.9 Å². The van der Waals surface area contributed by atoms with Crippen molar-refractivity contribution in [2.45, 2.75) is 23.2 Å². The van der Waals surface area contributed by atoms with E-state index < -0.39 is 21.3 Å². The summed E-state index contributed by atoms with van der Waals surface area (Å²) in [6, 6.07) is 14.8. The third-order valence-electron chi connectivity index (χ3n) is 3.86. The fourth-order valence-electron chi connectivity index (χ4n) is 2.42. The monoisotopic (exact) mass is 335 g/mol. The lowest BCUT2D eigenvalue weighted by Crippen LogP contribution is -2.38. The van der Waals surface area contributed by atoms with Crippen molar-refractivity contribution in [1.29, 1.82) is 0 Å². The lowest BCUT2D eigenvalue weighted by atomic mass is 9.95. The molecule has 0 saturated heterocycles.